The Kier molecular flexibility index (Phi) is 4.27. The Labute approximate surface area is 121 Å². The normalized spacial score (nSPS) is 22.1. The van der Waals surface area contributed by atoms with Crippen molar-refractivity contribution in [3.63, 3.8) is 0 Å². The molecule has 1 saturated heterocycles. The molecule has 7 heteroatoms. The highest BCUT2D eigenvalue weighted by molar-refractivity contribution is 7.07. The molecule has 1 aromatic heterocycles. The van der Waals surface area contributed by atoms with Crippen LogP contribution >= 0.6 is 11.3 Å². The van der Waals surface area contributed by atoms with E-state index in [9.17, 15) is 14.4 Å². The van der Waals surface area contributed by atoms with Crippen LogP contribution in [-0.4, -0.2) is 41.5 Å². The number of hydrogen-bond acceptors (Lipinski definition) is 5. The fourth-order valence-corrected chi connectivity index (χ4v) is 3.19. The standard InChI is InChI=1S/C13H18N2O4S/c1-8-4-14(5-10(8)12(17)19-3)11(16)6-15-9(2)7-20-13(15)18/h7-8,10H,4-6H2,1-3H3. The molecule has 2 unspecified atom stereocenters. The summed E-state index contributed by atoms with van der Waals surface area (Å²) in [6, 6.07) is 0. The number of carbonyl (C=O) groups is 2. The highest BCUT2D eigenvalue weighted by Gasteiger charge is 2.37. The van der Waals surface area contributed by atoms with E-state index in [1.54, 1.807) is 17.2 Å². The minimum absolute atomic E-state index is 0.0365. The van der Waals surface area contributed by atoms with Gasteiger partial charge >= 0.3 is 10.8 Å². The Morgan fingerprint density at radius 3 is 2.70 bits per heavy atom. The molecule has 1 aliphatic heterocycles. The number of ether oxygens (including phenoxy) is 1. The Morgan fingerprint density at radius 2 is 2.15 bits per heavy atom. The third-order valence-electron chi connectivity index (χ3n) is 3.74. The lowest BCUT2D eigenvalue weighted by molar-refractivity contribution is -0.146. The van der Waals surface area contributed by atoms with Gasteiger partial charge in [0.25, 0.3) is 0 Å². The summed E-state index contributed by atoms with van der Waals surface area (Å²) < 4.78 is 6.21. The maximum absolute atomic E-state index is 12.2. The maximum Gasteiger partial charge on any atom is 0.310 e. The highest BCUT2D eigenvalue weighted by atomic mass is 32.1. The first kappa shape index (κ1) is 14.8. The van der Waals surface area contributed by atoms with E-state index in [-0.39, 0.29) is 35.1 Å². The van der Waals surface area contributed by atoms with Crippen molar-refractivity contribution in [1.29, 1.82) is 0 Å². The summed E-state index contributed by atoms with van der Waals surface area (Å²) in [5.41, 5.74) is 0.783. The molecule has 0 N–H and O–H groups in total. The van der Waals surface area contributed by atoms with Gasteiger partial charge in [-0.05, 0) is 12.8 Å². The lowest BCUT2D eigenvalue weighted by atomic mass is 9.99. The quantitative estimate of drug-likeness (QED) is 0.761. The zero-order chi connectivity index (χ0) is 14.9. The first-order valence-corrected chi connectivity index (χ1v) is 7.32. The first-order chi connectivity index (χ1) is 9.43. The predicted molar refractivity (Wildman–Crippen MR) is 74.6 cm³/mol. The largest absolute Gasteiger partial charge is 0.469 e. The van der Waals surface area contributed by atoms with Crippen LogP contribution in [0.3, 0.4) is 0 Å². The van der Waals surface area contributed by atoms with Gasteiger partial charge in [0.2, 0.25) is 5.91 Å². The Morgan fingerprint density at radius 1 is 1.45 bits per heavy atom. The Bertz CT molecular complexity index is 577. The average molecular weight is 298 g/mol. The third-order valence-corrected chi connectivity index (χ3v) is 4.62. The summed E-state index contributed by atoms with van der Waals surface area (Å²) in [5, 5.41) is 1.74. The SMILES string of the molecule is COC(=O)C1CN(C(=O)Cn2c(C)csc2=O)CC1C. The van der Waals surface area contributed by atoms with E-state index in [1.165, 1.54) is 11.7 Å². The molecule has 0 bridgehead atoms. The molecule has 1 aliphatic rings. The van der Waals surface area contributed by atoms with Crippen LogP contribution in [0, 0.1) is 18.8 Å². The number of hydrogen-bond donors (Lipinski definition) is 0. The molecule has 0 radical (unpaired) electrons. The van der Waals surface area contributed by atoms with Crippen LogP contribution in [0.25, 0.3) is 0 Å². The molecule has 6 nitrogen and oxygen atoms in total. The number of aryl methyl sites for hydroxylation is 1. The van der Waals surface area contributed by atoms with Gasteiger partial charge < -0.3 is 9.64 Å². The zero-order valence-electron chi connectivity index (χ0n) is 11.8. The van der Waals surface area contributed by atoms with Crippen molar-refractivity contribution in [3.05, 3.63) is 20.7 Å². The summed E-state index contributed by atoms with van der Waals surface area (Å²) >= 11 is 1.09. The summed E-state index contributed by atoms with van der Waals surface area (Å²) in [5.74, 6) is -0.612. The van der Waals surface area contributed by atoms with E-state index in [4.69, 9.17) is 4.74 Å². The number of likely N-dealkylation sites (tertiary alicyclic amines) is 1. The van der Waals surface area contributed by atoms with E-state index in [2.05, 4.69) is 0 Å². The van der Waals surface area contributed by atoms with Gasteiger partial charge in [-0.15, -0.1) is 0 Å². The topological polar surface area (TPSA) is 68.6 Å². The van der Waals surface area contributed by atoms with Gasteiger partial charge in [-0.1, -0.05) is 18.3 Å². The molecule has 2 atom stereocenters. The molecular formula is C13H18N2O4S. The maximum atomic E-state index is 12.2. The van der Waals surface area contributed by atoms with Crippen LogP contribution in [0.2, 0.25) is 0 Å². The second kappa shape index (κ2) is 5.78. The van der Waals surface area contributed by atoms with Crippen LogP contribution in [0.15, 0.2) is 10.2 Å². The number of methoxy groups -OCH3 is 1. The molecular weight excluding hydrogens is 280 g/mol. The van der Waals surface area contributed by atoms with E-state index in [0.717, 1.165) is 17.0 Å². The van der Waals surface area contributed by atoms with E-state index in [1.807, 2.05) is 6.92 Å². The smallest absolute Gasteiger partial charge is 0.310 e. The third kappa shape index (κ3) is 2.77. The van der Waals surface area contributed by atoms with Crippen molar-refractivity contribution in [2.75, 3.05) is 20.2 Å². The second-order valence-corrected chi connectivity index (χ2v) is 5.96. The van der Waals surface area contributed by atoms with Gasteiger partial charge in [-0.25, -0.2) is 0 Å². The van der Waals surface area contributed by atoms with Gasteiger partial charge in [0, 0.05) is 24.2 Å². The first-order valence-electron chi connectivity index (χ1n) is 6.44. The molecule has 0 aliphatic carbocycles. The van der Waals surface area contributed by atoms with Gasteiger partial charge in [0.15, 0.2) is 0 Å². The monoisotopic (exact) mass is 298 g/mol. The molecule has 0 aromatic carbocycles. The second-order valence-electron chi connectivity index (χ2n) is 5.13. The molecule has 1 amide bonds. The highest BCUT2D eigenvalue weighted by Crippen LogP contribution is 2.24. The number of nitrogens with zero attached hydrogens (tertiary/aromatic N) is 2. The predicted octanol–water partition coefficient (Wildman–Crippen LogP) is 0.486. The summed E-state index contributed by atoms with van der Waals surface area (Å²) in [6.45, 7) is 4.65. The lowest BCUT2D eigenvalue weighted by Gasteiger charge is -2.16. The molecule has 2 rings (SSSR count). The number of carbonyl (C=O) groups excluding carboxylic acids is 2. The van der Waals surface area contributed by atoms with Gasteiger partial charge in [-0.3, -0.25) is 19.0 Å². The number of amides is 1. The van der Waals surface area contributed by atoms with Crippen LogP contribution in [0.1, 0.15) is 12.6 Å². The molecule has 0 spiro atoms. The minimum atomic E-state index is -0.281. The van der Waals surface area contributed by atoms with Crippen LogP contribution < -0.4 is 4.87 Å². The number of rotatable bonds is 3. The van der Waals surface area contributed by atoms with Gasteiger partial charge in [0.1, 0.15) is 6.54 Å². The van der Waals surface area contributed by atoms with E-state index >= 15 is 0 Å². The number of thiazole rings is 1. The number of esters is 1. The summed E-state index contributed by atoms with van der Waals surface area (Å²) in [4.78, 5) is 37.0. The fraction of sp³-hybridized carbons (Fsp3) is 0.615. The van der Waals surface area contributed by atoms with Crippen molar-refractivity contribution in [2.24, 2.45) is 11.8 Å². The molecule has 1 aromatic rings. The van der Waals surface area contributed by atoms with Crippen LogP contribution in [-0.2, 0) is 20.9 Å². The molecule has 110 valence electrons. The lowest BCUT2D eigenvalue weighted by Crippen LogP contribution is -2.35. The number of aromatic nitrogens is 1. The average Bonchev–Trinajstić information content (AvgIpc) is 2.95. The molecule has 20 heavy (non-hydrogen) atoms. The van der Waals surface area contributed by atoms with Crippen molar-refractivity contribution in [3.8, 4) is 0 Å². The van der Waals surface area contributed by atoms with Crippen molar-refractivity contribution in [1.82, 2.24) is 9.47 Å². The minimum Gasteiger partial charge on any atom is -0.469 e. The van der Waals surface area contributed by atoms with Crippen molar-refractivity contribution in [2.45, 2.75) is 20.4 Å². The van der Waals surface area contributed by atoms with Crippen molar-refractivity contribution >= 4 is 23.2 Å². The van der Waals surface area contributed by atoms with Gasteiger partial charge in [-0.2, -0.15) is 0 Å². The Hall–Kier alpha value is -1.63. The van der Waals surface area contributed by atoms with E-state index < -0.39 is 0 Å². The fourth-order valence-electron chi connectivity index (χ4n) is 2.46. The van der Waals surface area contributed by atoms with Gasteiger partial charge in [0.05, 0.1) is 13.0 Å². The van der Waals surface area contributed by atoms with Crippen LogP contribution in [0.5, 0.6) is 0 Å². The summed E-state index contributed by atoms with van der Waals surface area (Å²) in [7, 11) is 1.35. The zero-order valence-corrected chi connectivity index (χ0v) is 12.6. The molecule has 2 heterocycles. The molecule has 0 saturated carbocycles. The summed E-state index contributed by atoms with van der Waals surface area (Å²) in [6.07, 6.45) is 0. The Balaban J connectivity index is 2.05. The van der Waals surface area contributed by atoms with Crippen LogP contribution in [0.4, 0.5) is 0 Å². The van der Waals surface area contributed by atoms with E-state index in [0.29, 0.717) is 13.1 Å². The van der Waals surface area contributed by atoms with Crippen molar-refractivity contribution < 1.29 is 14.3 Å². The molecule has 1 fully saturated rings.